The predicted molar refractivity (Wildman–Crippen MR) is 96.1 cm³/mol. The molecule has 2 N–H and O–H groups in total. The molecule has 1 aromatic carbocycles. The van der Waals surface area contributed by atoms with Gasteiger partial charge in [-0.15, -0.1) is 11.3 Å². The maximum atomic E-state index is 12.1. The number of hydrogen-bond acceptors (Lipinski definition) is 5. The van der Waals surface area contributed by atoms with Crippen molar-refractivity contribution in [2.45, 2.75) is 19.4 Å². The van der Waals surface area contributed by atoms with Gasteiger partial charge in [-0.2, -0.15) is 4.98 Å². The molecule has 7 heteroatoms. The molecule has 0 radical (unpaired) electrons. The quantitative estimate of drug-likeness (QED) is 0.556. The number of carbonyl (C=O) groups excluding carboxylic acids is 1. The van der Waals surface area contributed by atoms with Gasteiger partial charge in [0.2, 0.25) is 17.6 Å². The number of thiophene rings is 1. The molecule has 0 aliphatic carbocycles. The SMILES string of the molecule is O=C(CCc1c[nH]c2ccccc12)NCc1nc(-c2cccs2)no1. The second-order valence-corrected chi connectivity index (χ2v) is 6.57. The third-order valence-electron chi connectivity index (χ3n) is 3.94. The van der Waals surface area contributed by atoms with Gasteiger partial charge in [0.1, 0.15) is 0 Å². The van der Waals surface area contributed by atoms with Crippen LogP contribution < -0.4 is 5.32 Å². The average Bonchev–Trinajstić information content (AvgIpc) is 3.38. The lowest BCUT2D eigenvalue weighted by Crippen LogP contribution is -2.23. The molecule has 0 fully saturated rings. The normalized spacial score (nSPS) is 11.0. The molecule has 1 amide bonds. The minimum absolute atomic E-state index is 0.0406. The molecule has 0 saturated carbocycles. The van der Waals surface area contributed by atoms with Crippen molar-refractivity contribution in [2.24, 2.45) is 0 Å². The minimum atomic E-state index is -0.0406. The fourth-order valence-electron chi connectivity index (χ4n) is 2.68. The van der Waals surface area contributed by atoms with E-state index >= 15 is 0 Å². The Balaban J connectivity index is 1.31. The summed E-state index contributed by atoms with van der Waals surface area (Å²) in [6.07, 6.45) is 3.05. The summed E-state index contributed by atoms with van der Waals surface area (Å²) >= 11 is 1.55. The third kappa shape index (κ3) is 3.46. The van der Waals surface area contributed by atoms with Gasteiger partial charge in [-0.25, -0.2) is 0 Å². The van der Waals surface area contributed by atoms with E-state index < -0.39 is 0 Å². The summed E-state index contributed by atoms with van der Waals surface area (Å²) in [7, 11) is 0. The first-order valence-electron chi connectivity index (χ1n) is 7.98. The van der Waals surface area contributed by atoms with Crippen molar-refractivity contribution in [3.05, 3.63) is 59.4 Å². The first-order chi connectivity index (χ1) is 12.3. The largest absolute Gasteiger partial charge is 0.361 e. The van der Waals surface area contributed by atoms with Gasteiger partial charge in [-0.1, -0.05) is 29.4 Å². The number of hydrogen-bond donors (Lipinski definition) is 2. The Morgan fingerprint density at radius 1 is 1.24 bits per heavy atom. The van der Waals surface area contributed by atoms with Gasteiger partial charge in [0, 0.05) is 23.5 Å². The lowest BCUT2D eigenvalue weighted by molar-refractivity contribution is -0.121. The molecule has 0 bridgehead atoms. The summed E-state index contributed by atoms with van der Waals surface area (Å²) in [6, 6.07) is 11.9. The van der Waals surface area contributed by atoms with E-state index in [9.17, 15) is 4.79 Å². The maximum Gasteiger partial charge on any atom is 0.246 e. The summed E-state index contributed by atoms with van der Waals surface area (Å²) in [5.41, 5.74) is 2.23. The molecule has 126 valence electrons. The third-order valence-corrected chi connectivity index (χ3v) is 4.81. The number of nitrogens with zero attached hydrogens (tertiary/aromatic N) is 2. The van der Waals surface area contributed by atoms with Crippen LogP contribution in [-0.4, -0.2) is 21.0 Å². The molecule has 0 saturated heterocycles. The smallest absolute Gasteiger partial charge is 0.246 e. The fourth-order valence-corrected chi connectivity index (χ4v) is 3.33. The number of amides is 1. The number of H-pyrrole nitrogens is 1. The standard InChI is InChI=1S/C18H16N4O2S/c23-16(8-7-12-10-19-14-5-2-1-4-13(12)14)20-11-17-21-18(22-24-17)15-6-3-9-25-15/h1-6,9-10,19H,7-8,11H2,(H,20,23). The van der Waals surface area contributed by atoms with Crippen molar-refractivity contribution in [3.8, 4) is 10.7 Å². The topological polar surface area (TPSA) is 83.8 Å². The summed E-state index contributed by atoms with van der Waals surface area (Å²) in [4.78, 5) is 20.5. The molecule has 4 aromatic rings. The zero-order valence-corrected chi connectivity index (χ0v) is 14.2. The Hall–Kier alpha value is -2.93. The predicted octanol–water partition coefficient (Wildman–Crippen LogP) is 3.53. The average molecular weight is 352 g/mol. The van der Waals surface area contributed by atoms with Gasteiger partial charge in [-0.3, -0.25) is 4.79 Å². The number of para-hydroxylation sites is 1. The number of nitrogens with one attached hydrogen (secondary N) is 2. The molecular weight excluding hydrogens is 336 g/mol. The highest BCUT2D eigenvalue weighted by Crippen LogP contribution is 2.21. The Kier molecular flexibility index (Phi) is 4.30. The molecule has 0 spiro atoms. The van der Waals surface area contributed by atoms with Crippen LogP contribution in [0, 0.1) is 0 Å². The van der Waals surface area contributed by atoms with E-state index in [4.69, 9.17) is 4.52 Å². The van der Waals surface area contributed by atoms with E-state index in [1.165, 1.54) is 0 Å². The van der Waals surface area contributed by atoms with Crippen LogP contribution in [0.5, 0.6) is 0 Å². The van der Waals surface area contributed by atoms with Crippen molar-refractivity contribution in [1.29, 1.82) is 0 Å². The van der Waals surface area contributed by atoms with Gasteiger partial charge < -0.3 is 14.8 Å². The number of aromatic amines is 1. The van der Waals surface area contributed by atoms with Crippen LogP contribution in [0.3, 0.4) is 0 Å². The van der Waals surface area contributed by atoms with Crippen LogP contribution in [0.15, 0.2) is 52.5 Å². The number of fused-ring (bicyclic) bond motifs is 1. The zero-order valence-electron chi connectivity index (χ0n) is 13.4. The highest BCUT2D eigenvalue weighted by atomic mass is 32.1. The van der Waals surface area contributed by atoms with Crippen LogP contribution >= 0.6 is 11.3 Å². The summed E-state index contributed by atoms with van der Waals surface area (Å²) < 4.78 is 5.17. The van der Waals surface area contributed by atoms with Crippen LogP contribution in [0.2, 0.25) is 0 Å². The number of benzene rings is 1. The van der Waals surface area contributed by atoms with E-state index in [0.29, 0.717) is 24.6 Å². The Morgan fingerprint density at radius 2 is 2.16 bits per heavy atom. The molecule has 0 aliphatic heterocycles. The minimum Gasteiger partial charge on any atom is -0.361 e. The second-order valence-electron chi connectivity index (χ2n) is 5.63. The van der Waals surface area contributed by atoms with E-state index in [-0.39, 0.29) is 12.5 Å². The summed E-state index contributed by atoms with van der Waals surface area (Å²) in [5.74, 6) is 0.919. The molecule has 0 atom stereocenters. The van der Waals surface area contributed by atoms with Crippen LogP contribution in [0.25, 0.3) is 21.6 Å². The lowest BCUT2D eigenvalue weighted by Gasteiger charge is -2.02. The fraction of sp³-hybridized carbons (Fsp3) is 0.167. The van der Waals surface area contributed by atoms with E-state index in [1.807, 2.05) is 41.9 Å². The molecule has 3 aromatic heterocycles. The Bertz CT molecular complexity index is 988. The molecule has 3 heterocycles. The second kappa shape index (κ2) is 6.90. The van der Waals surface area contributed by atoms with E-state index in [1.54, 1.807) is 11.3 Å². The van der Waals surface area contributed by atoms with Crippen LogP contribution in [-0.2, 0) is 17.8 Å². The van der Waals surface area contributed by atoms with Gasteiger partial charge in [0.15, 0.2) is 0 Å². The van der Waals surface area contributed by atoms with Gasteiger partial charge in [-0.05, 0) is 29.5 Å². The Labute approximate surface area is 147 Å². The molecular formula is C18H16N4O2S. The highest BCUT2D eigenvalue weighted by Gasteiger charge is 2.11. The Morgan fingerprint density at radius 3 is 3.04 bits per heavy atom. The van der Waals surface area contributed by atoms with Gasteiger partial charge in [0.25, 0.3) is 0 Å². The lowest BCUT2D eigenvalue weighted by atomic mass is 10.1. The number of carbonyl (C=O) groups is 1. The molecule has 6 nitrogen and oxygen atoms in total. The molecule has 0 aliphatic rings. The van der Waals surface area contributed by atoms with Crippen molar-refractivity contribution in [1.82, 2.24) is 20.4 Å². The van der Waals surface area contributed by atoms with Crippen LogP contribution in [0.1, 0.15) is 17.9 Å². The molecule has 4 rings (SSSR count). The van der Waals surface area contributed by atoms with Crippen molar-refractivity contribution in [3.63, 3.8) is 0 Å². The maximum absolute atomic E-state index is 12.1. The first-order valence-corrected chi connectivity index (χ1v) is 8.86. The highest BCUT2D eigenvalue weighted by molar-refractivity contribution is 7.13. The number of rotatable bonds is 6. The van der Waals surface area contributed by atoms with E-state index in [2.05, 4.69) is 26.5 Å². The molecule has 0 unspecified atom stereocenters. The molecule has 25 heavy (non-hydrogen) atoms. The van der Waals surface area contributed by atoms with Crippen molar-refractivity contribution >= 4 is 28.1 Å². The van der Waals surface area contributed by atoms with Crippen molar-refractivity contribution < 1.29 is 9.32 Å². The first kappa shape index (κ1) is 15.6. The van der Waals surface area contributed by atoms with E-state index in [0.717, 1.165) is 21.3 Å². The van der Waals surface area contributed by atoms with Crippen LogP contribution in [0.4, 0.5) is 0 Å². The summed E-state index contributed by atoms with van der Waals surface area (Å²) in [5, 5.41) is 9.87. The number of aromatic nitrogens is 3. The van der Waals surface area contributed by atoms with Gasteiger partial charge in [0.05, 0.1) is 11.4 Å². The van der Waals surface area contributed by atoms with Crippen molar-refractivity contribution in [2.75, 3.05) is 0 Å². The monoisotopic (exact) mass is 352 g/mol. The summed E-state index contributed by atoms with van der Waals surface area (Å²) in [6.45, 7) is 0.241. The number of aryl methyl sites for hydroxylation is 1. The zero-order chi connectivity index (χ0) is 17.1. The van der Waals surface area contributed by atoms with Gasteiger partial charge >= 0.3 is 0 Å².